The van der Waals surface area contributed by atoms with E-state index in [0.29, 0.717) is 45.7 Å². The number of hydrogen-bond donors (Lipinski definition) is 1. The van der Waals surface area contributed by atoms with Gasteiger partial charge in [0.05, 0.1) is 20.8 Å². The van der Waals surface area contributed by atoms with Crippen molar-refractivity contribution in [2.45, 2.75) is 26.7 Å². The lowest BCUT2D eigenvalue weighted by Gasteiger charge is -2.11. The Morgan fingerprint density at radius 2 is 1.88 bits per heavy atom. The van der Waals surface area contributed by atoms with Crippen LogP contribution in [0.1, 0.15) is 34.1 Å². The van der Waals surface area contributed by atoms with Crippen LogP contribution >= 0.6 is 22.9 Å². The second-order valence-electron chi connectivity index (χ2n) is 7.21. The zero-order valence-electron chi connectivity index (χ0n) is 19.0. The van der Waals surface area contributed by atoms with Crippen LogP contribution in [0, 0.1) is 6.92 Å². The molecule has 0 fully saturated rings. The average molecular weight is 488 g/mol. The minimum Gasteiger partial charge on any atom is -0.493 e. The number of esters is 1. The van der Waals surface area contributed by atoms with Gasteiger partial charge in [0.25, 0.3) is 0 Å². The Morgan fingerprint density at radius 1 is 1.09 bits per heavy atom. The largest absolute Gasteiger partial charge is 0.493 e. The van der Waals surface area contributed by atoms with E-state index in [9.17, 15) is 9.59 Å². The lowest BCUT2D eigenvalue weighted by atomic mass is 10.0. The molecule has 0 unspecified atom stereocenters. The van der Waals surface area contributed by atoms with Crippen LogP contribution in [0.2, 0.25) is 5.02 Å². The summed E-state index contributed by atoms with van der Waals surface area (Å²) in [6, 6.07) is 12.9. The number of carbonyl (C=O) groups is 2. The third kappa shape index (κ3) is 5.86. The molecule has 1 aromatic heterocycles. The molecule has 3 rings (SSSR count). The Hall–Kier alpha value is -3.03. The summed E-state index contributed by atoms with van der Waals surface area (Å²) < 4.78 is 15.9. The number of thiophene rings is 1. The Labute approximate surface area is 202 Å². The van der Waals surface area contributed by atoms with Gasteiger partial charge < -0.3 is 19.5 Å². The van der Waals surface area contributed by atoms with E-state index in [0.717, 1.165) is 16.0 Å². The molecule has 0 saturated heterocycles. The molecule has 1 heterocycles. The summed E-state index contributed by atoms with van der Waals surface area (Å²) in [5.41, 5.74) is 2.78. The molecule has 174 valence electrons. The van der Waals surface area contributed by atoms with E-state index < -0.39 is 5.97 Å². The summed E-state index contributed by atoms with van der Waals surface area (Å²) in [4.78, 5) is 26.2. The standard InChI is InChI=1S/C25H26ClNO5S/c1-5-32-19-11-9-16(13-20(19)30-3)10-12-21(28)27-24-23(25(29)31-4)22(15(2)33-24)17-7-6-8-18(26)14-17/h6-9,11,13-14H,5,10,12H2,1-4H3,(H,27,28). The molecule has 0 bridgehead atoms. The fourth-order valence-corrected chi connectivity index (χ4v) is 4.78. The molecule has 0 aliphatic carbocycles. The Bertz CT molecular complexity index is 1160. The van der Waals surface area contributed by atoms with E-state index in [1.54, 1.807) is 19.2 Å². The predicted octanol–water partition coefficient (Wildman–Crippen LogP) is 6.14. The fourth-order valence-electron chi connectivity index (χ4n) is 3.51. The quantitative estimate of drug-likeness (QED) is 0.367. The van der Waals surface area contributed by atoms with Gasteiger partial charge in [0.2, 0.25) is 5.91 Å². The van der Waals surface area contributed by atoms with Gasteiger partial charge in [-0.15, -0.1) is 11.3 Å². The maximum Gasteiger partial charge on any atom is 0.341 e. The molecule has 0 aliphatic heterocycles. The second kappa shape index (κ2) is 11.2. The molecule has 8 heteroatoms. The third-order valence-corrected chi connectivity index (χ3v) is 6.26. The summed E-state index contributed by atoms with van der Waals surface area (Å²) in [6.45, 7) is 4.34. The van der Waals surface area contributed by atoms with Gasteiger partial charge in [-0.1, -0.05) is 29.8 Å². The molecule has 1 amide bonds. The molecular formula is C25H26ClNO5S. The van der Waals surface area contributed by atoms with Crippen molar-refractivity contribution < 1.29 is 23.8 Å². The van der Waals surface area contributed by atoms with Gasteiger partial charge >= 0.3 is 5.97 Å². The highest BCUT2D eigenvalue weighted by Gasteiger charge is 2.25. The first-order valence-electron chi connectivity index (χ1n) is 10.4. The number of methoxy groups -OCH3 is 2. The third-order valence-electron chi connectivity index (χ3n) is 5.01. The normalized spacial score (nSPS) is 10.6. The zero-order valence-corrected chi connectivity index (χ0v) is 20.6. The first-order chi connectivity index (χ1) is 15.9. The van der Waals surface area contributed by atoms with Gasteiger partial charge in [-0.2, -0.15) is 0 Å². The Kier molecular flexibility index (Phi) is 8.36. The maximum absolute atomic E-state index is 12.8. The van der Waals surface area contributed by atoms with Crippen molar-refractivity contribution in [3.05, 3.63) is 63.5 Å². The number of halogens is 1. The van der Waals surface area contributed by atoms with E-state index in [4.69, 9.17) is 25.8 Å². The van der Waals surface area contributed by atoms with Crippen molar-refractivity contribution in [1.29, 1.82) is 0 Å². The number of aryl methyl sites for hydroxylation is 2. The molecule has 33 heavy (non-hydrogen) atoms. The summed E-state index contributed by atoms with van der Waals surface area (Å²) in [6.07, 6.45) is 0.745. The highest BCUT2D eigenvalue weighted by Crippen LogP contribution is 2.41. The SMILES string of the molecule is CCOc1ccc(CCC(=O)Nc2sc(C)c(-c3cccc(Cl)c3)c2C(=O)OC)cc1OC. The summed E-state index contributed by atoms with van der Waals surface area (Å²) in [5, 5.41) is 3.91. The second-order valence-corrected chi connectivity index (χ2v) is 8.87. The highest BCUT2D eigenvalue weighted by atomic mass is 35.5. The van der Waals surface area contributed by atoms with Crippen molar-refractivity contribution >= 4 is 39.8 Å². The van der Waals surface area contributed by atoms with Gasteiger partial charge in [-0.05, 0) is 55.7 Å². The minimum absolute atomic E-state index is 0.202. The number of carbonyl (C=O) groups excluding carboxylic acids is 2. The summed E-state index contributed by atoms with van der Waals surface area (Å²) in [7, 11) is 2.90. The van der Waals surface area contributed by atoms with Crippen LogP contribution in [-0.4, -0.2) is 32.7 Å². The van der Waals surface area contributed by atoms with Gasteiger partial charge in [0.1, 0.15) is 10.6 Å². The average Bonchev–Trinajstić information content (AvgIpc) is 3.13. The lowest BCUT2D eigenvalue weighted by Crippen LogP contribution is -2.14. The number of benzene rings is 2. The Balaban J connectivity index is 1.80. The van der Waals surface area contributed by atoms with Gasteiger partial charge in [-0.25, -0.2) is 4.79 Å². The van der Waals surface area contributed by atoms with Crippen molar-refractivity contribution in [3.8, 4) is 22.6 Å². The smallest absolute Gasteiger partial charge is 0.341 e. The van der Waals surface area contributed by atoms with Gasteiger partial charge in [0, 0.05) is 21.9 Å². The predicted molar refractivity (Wildman–Crippen MR) is 132 cm³/mol. The molecule has 3 aromatic rings. The number of hydrogen-bond acceptors (Lipinski definition) is 6. The topological polar surface area (TPSA) is 73.9 Å². The maximum atomic E-state index is 12.8. The minimum atomic E-state index is -0.513. The number of ether oxygens (including phenoxy) is 3. The molecule has 6 nitrogen and oxygen atoms in total. The summed E-state index contributed by atoms with van der Waals surface area (Å²) in [5.74, 6) is 0.578. The van der Waals surface area contributed by atoms with Gasteiger partial charge in [-0.3, -0.25) is 4.79 Å². The molecule has 2 aromatic carbocycles. The number of nitrogens with one attached hydrogen (secondary N) is 1. The molecule has 1 N–H and O–H groups in total. The highest BCUT2D eigenvalue weighted by molar-refractivity contribution is 7.17. The van der Waals surface area contributed by atoms with E-state index in [-0.39, 0.29) is 12.3 Å². The molecule has 0 atom stereocenters. The van der Waals surface area contributed by atoms with Crippen LogP contribution in [0.4, 0.5) is 5.00 Å². The van der Waals surface area contributed by atoms with Crippen LogP contribution in [0.3, 0.4) is 0 Å². The number of rotatable bonds is 9. The number of amides is 1. The molecule has 0 radical (unpaired) electrons. The van der Waals surface area contributed by atoms with Crippen molar-refractivity contribution in [3.63, 3.8) is 0 Å². The molecule has 0 aliphatic rings. The van der Waals surface area contributed by atoms with Crippen molar-refractivity contribution in [1.82, 2.24) is 0 Å². The van der Waals surface area contributed by atoms with Crippen LogP contribution in [0.25, 0.3) is 11.1 Å². The molecule has 0 spiro atoms. The summed E-state index contributed by atoms with van der Waals surface area (Å²) >= 11 is 7.49. The first kappa shape index (κ1) is 24.6. The van der Waals surface area contributed by atoms with E-state index >= 15 is 0 Å². The van der Waals surface area contributed by atoms with Crippen LogP contribution in [0.5, 0.6) is 11.5 Å². The Morgan fingerprint density at radius 3 is 2.55 bits per heavy atom. The van der Waals surface area contributed by atoms with Gasteiger partial charge in [0.15, 0.2) is 11.5 Å². The van der Waals surface area contributed by atoms with E-state index in [1.807, 2.05) is 44.2 Å². The lowest BCUT2D eigenvalue weighted by molar-refractivity contribution is -0.116. The fraction of sp³-hybridized carbons (Fsp3) is 0.280. The van der Waals surface area contributed by atoms with E-state index in [2.05, 4.69) is 5.32 Å². The molecular weight excluding hydrogens is 462 g/mol. The first-order valence-corrected chi connectivity index (χ1v) is 11.6. The van der Waals surface area contributed by atoms with Crippen molar-refractivity contribution in [2.24, 2.45) is 0 Å². The monoisotopic (exact) mass is 487 g/mol. The zero-order chi connectivity index (χ0) is 24.0. The van der Waals surface area contributed by atoms with Crippen LogP contribution in [0.15, 0.2) is 42.5 Å². The van der Waals surface area contributed by atoms with E-state index in [1.165, 1.54) is 18.4 Å². The van der Waals surface area contributed by atoms with Crippen LogP contribution < -0.4 is 14.8 Å². The number of anilines is 1. The van der Waals surface area contributed by atoms with Crippen LogP contribution in [-0.2, 0) is 16.0 Å². The molecule has 0 saturated carbocycles. The van der Waals surface area contributed by atoms with Crippen molar-refractivity contribution in [2.75, 3.05) is 26.1 Å².